The number of anilines is 1. The van der Waals surface area contributed by atoms with Gasteiger partial charge in [-0.2, -0.15) is 11.8 Å². The highest BCUT2D eigenvalue weighted by atomic mass is 32.2. The molecule has 1 saturated carbocycles. The Kier molecular flexibility index (Phi) is 8.62. The molecule has 6 rings (SSSR count). The molecule has 0 atom stereocenters. The van der Waals surface area contributed by atoms with Crippen LogP contribution in [0.25, 0.3) is 10.9 Å². The highest BCUT2D eigenvalue weighted by Crippen LogP contribution is 2.32. The number of hydrogen-bond acceptors (Lipinski definition) is 8. The van der Waals surface area contributed by atoms with Crippen LogP contribution in [0.2, 0.25) is 0 Å². The first-order valence-corrected chi connectivity index (χ1v) is 15.8. The third kappa shape index (κ3) is 6.86. The SMILES string of the molecule is O=c1[nH]c(CSC2CCN(CC3CCN(c4ccc([N+](=O)[O-])cc4F)CC3)CC2)nc2cc(OCC3CC3)cc(F)c12. The van der Waals surface area contributed by atoms with Crippen molar-refractivity contribution in [1.29, 1.82) is 0 Å². The predicted molar refractivity (Wildman–Crippen MR) is 159 cm³/mol. The summed E-state index contributed by atoms with van der Waals surface area (Å²) in [4.78, 5) is 34.7. The van der Waals surface area contributed by atoms with Crippen molar-refractivity contribution in [3.05, 3.63) is 68.3 Å². The number of halogens is 2. The van der Waals surface area contributed by atoms with Crippen LogP contribution < -0.4 is 15.2 Å². The van der Waals surface area contributed by atoms with E-state index in [1.165, 1.54) is 18.2 Å². The van der Waals surface area contributed by atoms with Crippen molar-refractivity contribution >= 4 is 34.0 Å². The minimum Gasteiger partial charge on any atom is -0.493 e. The topological polar surface area (TPSA) is 105 Å². The number of nitrogens with one attached hydrogen (secondary N) is 1. The number of nitrogens with zero attached hydrogens (tertiary/aromatic N) is 4. The van der Waals surface area contributed by atoms with Crippen LogP contribution in [-0.2, 0) is 5.75 Å². The third-order valence-electron chi connectivity index (χ3n) is 8.57. The van der Waals surface area contributed by atoms with Crippen molar-refractivity contribution in [3.63, 3.8) is 0 Å². The highest BCUT2D eigenvalue weighted by molar-refractivity contribution is 7.99. The van der Waals surface area contributed by atoms with Crippen LogP contribution in [0.4, 0.5) is 20.2 Å². The lowest BCUT2D eigenvalue weighted by Gasteiger charge is -2.38. The van der Waals surface area contributed by atoms with Crippen molar-refractivity contribution in [1.82, 2.24) is 14.9 Å². The van der Waals surface area contributed by atoms with E-state index in [0.717, 1.165) is 77.3 Å². The average molecular weight is 600 g/mol. The Labute approximate surface area is 246 Å². The Balaban J connectivity index is 0.960. The van der Waals surface area contributed by atoms with Gasteiger partial charge in [-0.1, -0.05) is 0 Å². The Morgan fingerprint density at radius 3 is 2.45 bits per heavy atom. The van der Waals surface area contributed by atoms with E-state index in [-0.39, 0.29) is 11.1 Å². The quantitative estimate of drug-likeness (QED) is 0.240. The number of nitro benzene ring substituents is 1. The molecule has 1 aromatic heterocycles. The molecule has 3 aliphatic rings. The molecule has 3 aromatic rings. The highest BCUT2D eigenvalue weighted by Gasteiger charge is 2.27. The molecule has 2 saturated heterocycles. The summed E-state index contributed by atoms with van der Waals surface area (Å²) in [7, 11) is 0. The van der Waals surface area contributed by atoms with Gasteiger partial charge in [0.2, 0.25) is 0 Å². The van der Waals surface area contributed by atoms with E-state index in [1.807, 2.05) is 4.90 Å². The molecule has 1 N–H and O–H groups in total. The van der Waals surface area contributed by atoms with Crippen molar-refractivity contribution in [2.24, 2.45) is 11.8 Å². The maximum Gasteiger partial charge on any atom is 0.272 e. The van der Waals surface area contributed by atoms with E-state index in [4.69, 9.17) is 4.74 Å². The number of likely N-dealkylation sites (tertiary alicyclic amines) is 1. The summed E-state index contributed by atoms with van der Waals surface area (Å²) in [6.45, 7) is 5.06. The van der Waals surface area contributed by atoms with E-state index in [0.29, 0.717) is 52.2 Å². The first-order valence-electron chi connectivity index (χ1n) is 14.7. The van der Waals surface area contributed by atoms with Gasteiger partial charge in [0.15, 0.2) is 5.82 Å². The van der Waals surface area contributed by atoms with Crippen LogP contribution in [0.15, 0.2) is 35.1 Å². The van der Waals surface area contributed by atoms with Crippen LogP contribution in [0.1, 0.15) is 44.3 Å². The molecule has 2 aromatic carbocycles. The van der Waals surface area contributed by atoms with Crippen LogP contribution >= 0.6 is 11.8 Å². The number of nitro groups is 1. The van der Waals surface area contributed by atoms with Gasteiger partial charge in [-0.05, 0) is 69.5 Å². The van der Waals surface area contributed by atoms with Crippen molar-refractivity contribution < 1.29 is 18.4 Å². The van der Waals surface area contributed by atoms with E-state index >= 15 is 0 Å². The molecule has 0 unspecified atom stereocenters. The number of rotatable bonds is 10. The summed E-state index contributed by atoms with van der Waals surface area (Å²) in [6.07, 6.45) is 6.29. The fourth-order valence-corrected chi connectivity index (χ4v) is 7.02. The van der Waals surface area contributed by atoms with E-state index in [1.54, 1.807) is 17.8 Å². The van der Waals surface area contributed by atoms with Crippen molar-refractivity contribution in [3.8, 4) is 5.75 Å². The van der Waals surface area contributed by atoms with Crippen LogP contribution in [-0.4, -0.2) is 64.4 Å². The lowest BCUT2D eigenvalue weighted by molar-refractivity contribution is -0.385. The second kappa shape index (κ2) is 12.5. The third-order valence-corrected chi connectivity index (χ3v) is 9.95. The Hall–Kier alpha value is -3.25. The van der Waals surface area contributed by atoms with E-state index in [9.17, 15) is 23.7 Å². The van der Waals surface area contributed by atoms with Gasteiger partial charge in [0, 0.05) is 43.1 Å². The molecule has 0 spiro atoms. The first-order chi connectivity index (χ1) is 20.3. The maximum atomic E-state index is 14.6. The minimum atomic E-state index is -0.609. The molecule has 9 nitrogen and oxygen atoms in total. The number of hydrogen-bond donors (Lipinski definition) is 1. The van der Waals surface area contributed by atoms with Crippen LogP contribution in [0.3, 0.4) is 0 Å². The molecule has 1 aliphatic carbocycles. The number of ether oxygens (including phenoxy) is 1. The second-order valence-corrected chi connectivity index (χ2v) is 13.0. The summed E-state index contributed by atoms with van der Waals surface area (Å²) < 4.78 is 34.8. The normalized spacial score (nSPS) is 19.0. The summed E-state index contributed by atoms with van der Waals surface area (Å²) in [5, 5.41) is 11.3. The average Bonchev–Trinajstić information content (AvgIpc) is 3.80. The van der Waals surface area contributed by atoms with Gasteiger partial charge in [-0.25, -0.2) is 13.8 Å². The molecule has 0 radical (unpaired) electrons. The predicted octanol–water partition coefficient (Wildman–Crippen LogP) is 5.51. The number of thioether (sulfide) groups is 1. The Morgan fingerprint density at radius 1 is 1.00 bits per heavy atom. The van der Waals surface area contributed by atoms with Gasteiger partial charge in [0.25, 0.3) is 11.2 Å². The van der Waals surface area contributed by atoms with Gasteiger partial charge in [-0.3, -0.25) is 14.9 Å². The lowest BCUT2D eigenvalue weighted by Crippen LogP contribution is -2.42. The van der Waals surface area contributed by atoms with E-state index in [2.05, 4.69) is 14.9 Å². The second-order valence-electron chi connectivity index (χ2n) is 11.7. The molecule has 0 bridgehead atoms. The molecular formula is C30H35F2N5O4S. The molecule has 3 fully saturated rings. The molecular weight excluding hydrogens is 564 g/mol. The standard InChI is InChI=1S/C30H35F2N5O4S/c31-24-13-21(37(39)40)3-4-27(24)36-11-5-19(6-12-36)16-35-9-7-23(8-10-35)42-18-28-33-26-15-22(41-17-20-1-2-20)14-25(32)29(26)30(38)34-28/h3-4,13-15,19-20,23H,1-2,5-12,16-18H2,(H,33,34,38). The fourth-order valence-electron chi connectivity index (χ4n) is 5.94. The Bertz CT molecular complexity index is 1500. The smallest absolute Gasteiger partial charge is 0.272 e. The molecule has 224 valence electrons. The summed E-state index contributed by atoms with van der Waals surface area (Å²) in [5.41, 5.74) is 0.0796. The molecule has 12 heteroatoms. The van der Waals surface area contributed by atoms with Gasteiger partial charge in [-0.15, -0.1) is 0 Å². The molecule has 0 amide bonds. The van der Waals surface area contributed by atoms with Crippen LogP contribution in [0, 0.1) is 33.6 Å². The van der Waals surface area contributed by atoms with Crippen LogP contribution in [0.5, 0.6) is 5.75 Å². The zero-order valence-corrected chi connectivity index (χ0v) is 24.2. The summed E-state index contributed by atoms with van der Waals surface area (Å²) in [5.74, 6) is 1.46. The monoisotopic (exact) mass is 599 g/mol. The summed E-state index contributed by atoms with van der Waals surface area (Å²) in [6, 6.07) is 6.81. The number of aromatic nitrogens is 2. The van der Waals surface area contributed by atoms with Gasteiger partial charge in [0.1, 0.15) is 22.8 Å². The van der Waals surface area contributed by atoms with Gasteiger partial charge >= 0.3 is 0 Å². The number of non-ortho nitro benzene ring substituents is 1. The zero-order valence-electron chi connectivity index (χ0n) is 23.4. The minimum absolute atomic E-state index is 0.0282. The number of aromatic amines is 1. The number of fused-ring (bicyclic) bond motifs is 1. The van der Waals surface area contributed by atoms with Crippen molar-refractivity contribution in [2.75, 3.05) is 44.2 Å². The maximum absolute atomic E-state index is 14.6. The van der Waals surface area contributed by atoms with E-state index < -0.39 is 22.1 Å². The molecule has 42 heavy (non-hydrogen) atoms. The first kappa shape index (κ1) is 28.9. The van der Waals surface area contributed by atoms with Gasteiger partial charge < -0.3 is 19.5 Å². The zero-order chi connectivity index (χ0) is 29.2. The largest absolute Gasteiger partial charge is 0.493 e. The van der Waals surface area contributed by atoms with Gasteiger partial charge in [0.05, 0.1) is 34.6 Å². The number of H-pyrrole nitrogens is 1. The molecule has 2 aliphatic heterocycles. The van der Waals surface area contributed by atoms with Crippen molar-refractivity contribution in [2.45, 2.75) is 49.5 Å². The number of benzene rings is 2. The summed E-state index contributed by atoms with van der Waals surface area (Å²) >= 11 is 1.78. The lowest BCUT2D eigenvalue weighted by atomic mass is 9.95. The fraction of sp³-hybridized carbons (Fsp3) is 0.533. The molecule has 3 heterocycles. The number of piperidine rings is 2. The Morgan fingerprint density at radius 2 is 1.76 bits per heavy atom.